The maximum Gasteiger partial charge on any atom is 0.261 e. The zero-order valence-electron chi connectivity index (χ0n) is 17.2. The lowest BCUT2D eigenvalue weighted by Crippen LogP contribution is -2.33. The molecule has 1 unspecified atom stereocenters. The van der Waals surface area contributed by atoms with Crippen LogP contribution in [0.15, 0.2) is 33.6 Å². The Morgan fingerprint density at radius 1 is 1.30 bits per heavy atom. The lowest BCUT2D eigenvalue weighted by atomic mass is 10.1. The van der Waals surface area contributed by atoms with Gasteiger partial charge in [-0.3, -0.25) is 14.3 Å². The van der Waals surface area contributed by atoms with Crippen LogP contribution < -0.4 is 5.56 Å². The van der Waals surface area contributed by atoms with E-state index in [2.05, 4.69) is 10.1 Å². The molecule has 158 valence electrons. The highest BCUT2D eigenvalue weighted by molar-refractivity contribution is 5.77. The highest BCUT2D eigenvalue weighted by Gasteiger charge is 2.32. The number of nitrogens with zero attached hydrogens (tertiary/aromatic N) is 4. The van der Waals surface area contributed by atoms with Crippen molar-refractivity contribution < 1.29 is 14.0 Å². The van der Waals surface area contributed by atoms with Crippen LogP contribution in [-0.2, 0) is 35.6 Å². The number of likely N-dealkylation sites (tertiary alicyclic amines) is 1. The van der Waals surface area contributed by atoms with E-state index < -0.39 is 0 Å². The zero-order chi connectivity index (χ0) is 20.5. The molecular weight excluding hydrogens is 384 g/mol. The molecule has 0 aliphatic carbocycles. The molecule has 1 fully saturated rings. The van der Waals surface area contributed by atoms with E-state index >= 15 is 0 Å². The van der Waals surface area contributed by atoms with Gasteiger partial charge in [-0.1, -0.05) is 17.3 Å². The van der Waals surface area contributed by atoms with Crippen molar-refractivity contribution in [1.29, 1.82) is 0 Å². The second kappa shape index (κ2) is 8.29. The van der Waals surface area contributed by atoms with E-state index in [9.17, 15) is 4.79 Å². The molecule has 3 aromatic rings. The maximum absolute atomic E-state index is 13.2. The van der Waals surface area contributed by atoms with Gasteiger partial charge in [0.15, 0.2) is 0 Å². The molecule has 2 aliphatic heterocycles. The Morgan fingerprint density at radius 2 is 2.20 bits per heavy atom. The van der Waals surface area contributed by atoms with Crippen molar-refractivity contribution in [3.8, 4) is 0 Å². The van der Waals surface area contributed by atoms with Crippen molar-refractivity contribution in [2.75, 3.05) is 26.9 Å². The number of hydrogen-bond donors (Lipinski definition) is 0. The summed E-state index contributed by atoms with van der Waals surface area (Å²) >= 11 is 0. The van der Waals surface area contributed by atoms with Crippen LogP contribution in [0.4, 0.5) is 0 Å². The van der Waals surface area contributed by atoms with E-state index in [1.807, 2.05) is 24.3 Å². The molecule has 0 spiro atoms. The second-order valence-corrected chi connectivity index (χ2v) is 7.90. The fraction of sp³-hybridized carbons (Fsp3) is 0.500. The standard InChI is InChI=1S/C22H26N4O4/c1-28-12-10-26-21(23-17-6-3-2-5-15(17)22(26)27)19-7-4-9-25(19)13-18-16-14-29-11-8-20(16)30-24-18/h2-3,5-6,19H,4,7-14H2,1H3. The molecule has 2 aromatic heterocycles. The van der Waals surface area contributed by atoms with Gasteiger partial charge in [-0.05, 0) is 31.5 Å². The Bertz CT molecular complexity index is 1110. The average Bonchev–Trinajstić information content (AvgIpc) is 3.41. The number of rotatable bonds is 6. The number of methoxy groups -OCH3 is 1. The van der Waals surface area contributed by atoms with Gasteiger partial charge in [-0.25, -0.2) is 4.98 Å². The Morgan fingerprint density at radius 3 is 3.10 bits per heavy atom. The van der Waals surface area contributed by atoms with Crippen molar-refractivity contribution in [2.24, 2.45) is 0 Å². The van der Waals surface area contributed by atoms with Gasteiger partial charge in [0, 0.05) is 25.6 Å². The van der Waals surface area contributed by atoms with E-state index in [0.29, 0.717) is 38.3 Å². The van der Waals surface area contributed by atoms with Gasteiger partial charge < -0.3 is 14.0 Å². The topological polar surface area (TPSA) is 82.6 Å². The molecule has 30 heavy (non-hydrogen) atoms. The molecular formula is C22H26N4O4. The molecule has 0 N–H and O–H groups in total. The van der Waals surface area contributed by atoms with Gasteiger partial charge >= 0.3 is 0 Å². The molecule has 8 nitrogen and oxygen atoms in total. The van der Waals surface area contributed by atoms with Crippen LogP contribution in [0.2, 0.25) is 0 Å². The number of ether oxygens (including phenoxy) is 2. The van der Waals surface area contributed by atoms with Crippen molar-refractivity contribution in [3.63, 3.8) is 0 Å². The summed E-state index contributed by atoms with van der Waals surface area (Å²) in [7, 11) is 1.65. The molecule has 1 saturated heterocycles. The number of aromatic nitrogens is 3. The molecule has 2 aliphatic rings. The first-order valence-corrected chi connectivity index (χ1v) is 10.5. The molecule has 4 heterocycles. The third kappa shape index (κ3) is 3.45. The molecule has 1 atom stereocenters. The largest absolute Gasteiger partial charge is 0.383 e. The fourth-order valence-electron chi connectivity index (χ4n) is 4.54. The Labute approximate surface area is 174 Å². The zero-order valence-corrected chi connectivity index (χ0v) is 17.2. The van der Waals surface area contributed by atoms with E-state index in [4.69, 9.17) is 19.0 Å². The summed E-state index contributed by atoms with van der Waals surface area (Å²) in [6, 6.07) is 7.60. The van der Waals surface area contributed by atoms with Crippen LogP contribution in [0.3, 0.4) is 0 Å². The highest BCUT2D eigenvalue weighted by Crippen LogP contribution is 2.33. The lowest BCUT2D eigenvalue weighted by molar-refractivity contribution is 0.102. The van der Waals surface area contributed by atoms with Crippen molar-refractivity contribution in [2.45, 2.75) is 45.0 Å². The summed E-state index contributed by atoms with van der Waals surface area (Å²) in [5.74, 6) is 1.75. The summed E-state index contributed by atoms with van der Waals surface area (Å²) in [6.07, 6.45) is 2.77. The van der Waals surface area contributed by atoms with Gasteiger partial charge in [0.1, 0.15) is 17.3 Å². The predicted octanol–water partition coefficient (Wildman–Crippen LogP) is 2.44. The number of hydrogen-bond acceptors (Lipinski definition) is 7. The van der Waals surface area contributed by atoms with Crippen LogP contribution in [0.5, 0.6) is 0 Å². The lowest BCUT2D eigenvalue weighted by Gasteiger charge is -2.26. The molecule has 8 heteroatoms. The third-order valence-electron chi connectivity index (χ3n) is 6.10. The Hall–Kier alpha value is -2.55. The van der Waals surface area contributed by atoms with E-state index in [1.165, 1.54) is 0 Å². The monoisotopic (exact) mass is 410 g/mol. The van der Waals surface area contributed by atoms with Gasteiger partial charge in [0.25, 0.3) is 5.56 Å². The Kier molecular flexibility index (Phi) is 5.37. The predicted molar refractivity (Wildman–Crippen MR) is 110 cm³/mol. The molecule has 5 rings (SSSR count). The molecule has 0 radical (unpaired) electrons. The summed E-state index contributed by atoms with van der Waals surface area (Å²) in [6.45, 7) is 3.79. The van der Waals surface area contributed by atoms with Crippen LogP contribution in [-0.4, -0.2) is 46.5 Å². The van der Waals surface area contributed by atoms with E-state index in [1.54, 1.807) is 11.7 Å². The normalized spacial score (nSPS) is 19.4. The first-order valence-electron chi connectivity index (χ1n) is 10.5. The van der Waals surface area contributed by atoms with Gasteiger partial charge in [-0.15, -0.1) is 0 Å². The Balaban J connectivity index is 1.52. The van der Waals surface area contributed by atoms with E-state index in [0.717, 1.165) is 54.2 Å². The molecule has 0 saturated carbocycles. The summed E-state index contributed by atoms with van der Waals surface area (Å²) in [5.41, 5.74) is 2.75. The highest BCUT2D eigenvalue weighted by atomic mass is 16.5. The minimum Gasteiger partial charge on any atom is -0.383 e. The SMILES string of the molecule is COCCn1c(C2CCCN2Cc2noc3c2COCC3)nc2ccccc2c1=O. The summed E-state index contributed by atoms with van der Waals surface area (Å²) < 4.78 is 18.2. The van der Waals surface area contributed by atoms with Gasteiger partial charge in [0.2, 0.25) is 0 Å². The summed E-state index contributed by atoms with van der Waals surface area (Å²) in [5, 5.41) is 4.97. The van der Waals surface area contributed by atoms with Gasteiger partial charge in [0.05, 0.1) is 43.3 Å². The first kappa shape index (κ1) is 19.4. The van der Waals surface area contributed by atoms with Crippen molar-refractivity contribution in [3.05, 3.63) is 57.5 Å². The fourth-order valence-corrected chi connectivity index (χ4v) is 4.54. The van der Waals surface area contributed by atoms with Gasteiger partial charge in [-0.2, -0.15) is 0 Å². The number of fused-ring (bicyclic) bond motifs is 2. The quantitative estimate of drug-likeness (QED) is 0.617. The molecule has 0 amide bonds. The first-order chi connectivity index (χ1) is 14.8. The smallest absolute Gasteiger partial charge is 0.261 e. The molecule has 1 aromatic carbocycles. The van der Waals surface area contributed by atoms with Crippen molar-refractivity contribution >= 4 is 10.9 Å². The van der Waals surface area contributed by atoms with Crippen LogP contribution >= 0.6 is 0 Å². The molecule has 0 bridgehead atoms. The average molecular weight is 410 g/mol. The second-order valence-electron chi connectivity index (χ2n) is 7.90. The van der Waals surface area contributed by atoms with Crippen LogP contribution in [0, 0.1) is 0 Å². The van der Waals surface area contributed by atoms with Crippen LogP contribution in [0.1, 0.15) is 41.7 Å². The third-order valence-corrected chi connectivity index (χ3v) is 6.10. The summed E-state index contributed by atoms with van der Waals surface area (Å²) in [4.78, 5) is 20.5. The minimum atomic E-state index is -0.00767. The minimum absolute atomic E-state index is 0.00767. The number of para-hydroxylation sites is 1. The maximum atomic E-state index is 13.2. The van der Waals surface area contributed by atoms with Crippen molar-refractivity contribution in [1.82, 2.24) is 19.6 Å². The number of benzene rings is 1. The van der Waals surface area contributed by atoms with Crippen LogP contribution in [0.25, 0.3) is 10.9 Å². The van der Waals surface area contributed by atoms with E-state index in [-0.39, 0.29) is 11.6 Å².